The standard InChI is InChI=1S/C16H17F2NO2S/c1-3-11(2)12-4-7-14(8-5-12)22(20,21)19-16-10-13(17)6-9-15(16)18/h4-11,19H,3H2,1-2H3/t11-/m1/s1. The lowest BCUT2D eigenvalue weighted by atomic mass is 9.99. The van der Waals surface area contributed by atoms with Crippen molar-refractivity contribution in [1.82, 2.24) is 0 Å². The molecule has 0 fully saturated rings. The van der Waals surface area contributed by atoms with E-state index in [1.54, 1.807) is 12.1 Å². The minimum Gasteiger partial charge on any atom is -0.277 e. The number of hydrogen-bond donors (Lipinski definition) is 1. The average molecular weight is 325 g/mol. The Balaban J connectivity index is 2.28. The summed E-state index contributed by atoms with van der Waals surface area (Å²) in [4.78, 5) is 0.00298. The smallest absolute Gasteiger partial charge is 0.261 e. The summed E-state index contributed by atoms with van der Waals surface area (Å²) in [5, 5.41) is 0. The van der Waals surface area contributed by atoms with Crippen molar-refractivity contribution in [3.63, 3.8) is 0 Å². The summed E-state index contributed by atoms with van der Waals surface area (Å²) in [5.74, 6) is -1.22. The van der Waals surface area contributed by atoms with Crippen LogP contribution in [0.4, 0.5) is 14.5 Å². The third-order valence-corrected chi connectivity index (χ3v) is 4.93. The zero-order valence-electron chi connectivity index (χ0n) is 12.3. The van der Waals surface area contributed by atoms with Crippen LogP contribution in [0.25, 0.3) is 0 Å². The Bertz CT molecular complexity index is 758. The second-order valence-electron chi connectivity index (χ2n) is 5.11. The molecular formula is C16H17F2NO2S. The molecule has 0 heterocycles. The van der Waals surface area contributed by atoms with Gasteiger partial charge in [-0.2, -0.15) is 0 Å². The maximum Gasteiger partial charge on any atom is 0.261 e. The highest BCUT2D eigenvalue weighted by atomic mass is 32.2. The van der Waals surface area contributed by atoms with Crippen LogP contribution < -0.4 is 4.72 Å². The van der Waals surface area contributed by atoms with Crippen LogP contribution in [0.1, 0.15) is 31.7 Å². The Kier molecular flexibility index (Phi) is 4.81. The third kappa shape index (κ3) is 3.62. The number of halogens is 2. The first-order chi connectivity index (χ1) is 10.3. The summed E-state index contributed by atoms with van der Waals surface area (Å²) in [7, 11) is -3.96. The van der Waals surface area contributed by atoms with Gasteiger partial charge >= 0.3 is 0 Å². The highest BCUT2D eigenvalue weighted by Gasteiger charge is 2.17. The normalized spacial score (nSPS) is 12.9. The SMILES string of the molecule is CC[C@@H](C)c1ccc(S(=O)(=O)Nc2cc(F)ccc2F)cc1. The molecule has 0 saturated carbocycles. The van der Waals surface area contributed by atoms with Crippen molar-refractivity contribution < 1.29 is 17.2 Å². The molecular weight excluding hydrogens is 308 g/mol. The van der Waals surface area contributed by atoms with Crippen LogP contribution in [0.5, 0.6) is 0 Å². The summed E-state index contributed by atoms with van der Waals surface area (Å²) in [6.45, 7) is 4.09. The van der Waals surface area contributed by atoms with Gasteiger partial charge in [-0.1, -0.05) is 26.0 Å². The van der Waals surface area contributed by atoms with E-state index in [2.05, 4.69) is 4.72 Å². The molecule has 2 aromatic carbocycles. The Labute approximate surface area is 129 Å². The summed E-state index contributed by atoms with van der Waals surface area (Å²) >= 11 is 0. The van der Waals surface area contributed by atoms with Gasteiger partial charge < -0.3 is 0 Å². The number of hydrogen-bond acceptors (Lipinski definition) is 2. The van der Waals surface area contributed by atoms with Crippen molar-refractivity contribution >= 4 is 15.7 Å². The van der Waals surface area contributed by atoms with Crippen molar-refractivity contribution in [2.45, 2.75) is 31.1 Å². The fourth-order valence-corrected chi connectivity index (χ4v) is 3.05. The van der Waals surface area contributed by atoms with Crippen LogP contribution in [0.3, 0.4) is 0 Å². The van der Waals surface area contributed by atoms with Crippen molar-refractivity contribution in [2.24, 2.45) is 0 Å². The molecule has 1 atom stereocenters. The van der Waals surface area contributed by atoms with E-state index in [1.165, 1.54) is 12.1 Å². The predicted octanol–water partition coefficient (Wildman–Crippen LogP) is 4.28. The summed E-state index contributed by atoms with van der Waals surface area (Å²) < 4.78 is 53.1. The highest BCUT2D eigenvalue weighted by molar-refractivity contribution is 7.92. The van der Waals surface area contributed by atoms with Crippen LogP contribution in [0.15, 0.2) is 47.4 Å². The molecule has 1 N–H and O–H groups in total. The second-order valence-corrected chi connectivity index (χ2v) is 6.79. The van der Waals surface area contributed by atoms with E-state index in [0.717, 1.165) is 30.2 Å². The van der Waals surface area contributed by atoms with Crippen LogP contribution in [-0.4, -0.2) is 8.42 Å². The molecule has 0 unspecified atom stereocenters. The summed E-state index contributed by atoms with van der Waals surface area (Å²) in [6.07, 6.45) is 0.943. The molecule has 0 aliphatic heterocycles. The minimum atomic E-state index is -3.96. The zero-order valence-corrected chi connectivity index (χ0v) is 13.1. The van der Waals surface area contributed by atoms with Gasteiger partial charge in [0, 0.05) is 6.07 Å². The molecule has 3 nitrogen and oxygen atoms in total. The zero-order chi connectivity index (χ0) is 16.3. The first kappa shape index (κ1) is 16.4. The Morgan fingerprint density at radius 3 is 2.32 bits per heavy atom. The van der Waals surface area contributed by atoms with Gasteiger partial charge in [-0.3, -0.25) is 4.72 Å². The van der Waals surface area contributed by atoms with Gasteiger partial charge in [-0.25, -0.2) is 17.2 Å². The quantitative estimate of drug-likeness (QED) is 0.892. The third-order valence-electron chi connectivity index (χ3n) is 3.54. The summed E-state index contributed by atoms with van der Waals surface area (Å²) in [5.41, 5.74) is 0.615. The van der Waals surface area contributed by atoms with Gasteiger partial charge in [-0.05, 0) is 42.2 Å². The van der Waals surface area contributed by atoms with Gasteiger partial charge in [0.25, 0.3) is 10.0 Å². The maximum absolute atomic E-state index is 13.5. The molecule has 22 heavy (non-hydrogen) atoms. The lowest BCUT2D eigenvalue weighted by Crippen LogP contribution is -2.14. The molecule has 0 radical (unpaired) electrons. The molecule has 0 amide bonds. The minimum absolute atomic E-state index is 0.00298. The first-order valence-corrected chi connectivity index (χ1v) is 8.39. The number of anilines is 1. The fourth-order valence-electron chi connectivity index (χ4n) is 1.99. The Morgan fingerprint density at radius 2 is 1.73 bits per heavy atom. The van der Waals surface area contributed by atoms with Gasteiger partial charge in [0.1, 0.15) is 11.6 Å². The van der Waals surface area contributed by atoms with Crippen LogP contribution in [0, 0.1) is 11.6 Å². The average Bonchev–Trinajstić information content (AvgIpc) is 2.50. The highest BCUT2D eigenvalue weighted by Crippen LogP contribution is 2.23. The number of sulfonamides is 1. The molecule has 118 valence electrons. The van der Waals surface area contributed by atoms with Crippen LogP contribution in [0.2, 0.25) is 0 Å². The van der Waals surface area contributed by atoms with Crippen molar-refractivity contribution in [2.75, 3.05) is 4.72 Å². The van der Waals surface area contributed by atoms with E-state index < -0.39 is 27.3 Å². The van der Waals surface area contributed by atoms with E-state index in [-0.39, 0.29) is 4.90 Å². The second kappa shape index (κ2) is 6.44. The van der Waals surface area contributed by atoms with Crippen molar-refractivity contribution in [3.05, 3.63) is 59.7 Å². The number of nitrogens with one attached hydrogen (secondary N) is 1. The molecule has 0 bridgehead atoms. The van der Waals surface area contributed by atoms with E-state index in [0.29, 0.717) is 5.92 Å². The van der Waals surface area contributed by atoms with Gasteiger partial charge in [0.2, 0.25) is 0 Å². The van der Waals surface area contributed by atoms with Crippen molar-refractivity contribution in [1.29, 1.82) is 0 Å². The molecule has 0 spiro atoms. The van der Waals surface area contributed by atoms with E-state index in [1.807, 2.05) is 13.8 Å². The van der Waals surface area contributed by atoms with Crippen LogP contribution >= 0.6 is 0 Å². The molecule has 0 aromatic heterocycles. The maximum atomic E-state index is 13.5. The molecule has 0 saturated heterocycles. The predicted molar refractivity (Wildman–Crippen MR) is 82.3 cm³/mol. The largest absolute Gasteiger partial charge is 0.277 e. The molecule has 2 rings (SSSR count). The lowest BCUT2D eigenvalue weighted by molar-refractivity contribution is 0.594. The fraction of sp³-hybridized carbons (Fsp3) is 0.250. The van der Waals surface area contributed by atoms with Gasteiger partial charge in [-0.15, -0.1) is 0 Å². The number of benzene rings is 2. The Hall–Kier alpha value is -1.95. The van der Waals surface area contributed by atoms with Gasteiger partial charge in [0.05, 0.1) is 10.6 Å². The van der Waals surface area contributed by atoms with E-state index >= 15 is 0 Å². The molecule has 6 heteroatoms. The first-order valence-electron chi connectivity index (χ1n) is 6.91. The summed E-state index contributed by atoms with van der Waals surface area (Å²) in [6, 6.07) is 8.98. The molecule has 2 aromatic rings. The van der Waals surface area contributed by atoms with Gasteiger partial charge in [0.15, 0.2) is 0 Å². The van der Waals surface area contributed by atoms with Crippen molar-refractivity contribution in [3.8, 4) is 0 Å². The van der Waals surface area contributed by atoms with E-state index in [9.17, 15) is 17.2 Å². The van der Waals surface area contributed by atoms with E-state index in [4.69, 9.17) is 0 Å². The molecule has 0 aliphatic carbocycles. The molecule has 0 aliphatic rings. The topological polar surface area (TPSA) is 46.2 Å². The lowest BCUT2D eigenvalue weighted by Gasteiger charge is -2.12. The number of rotatable bonds is 5. The Morgan fingerprint density at radius 1 is 1.09 bits per heavy atom. The van der Waals surface area contributed by atoms with Crippen LogP contribution in [-0.2, 0) is 10.0 Å². The monoisotopic (exact) mass is 325 g/mol.